The van der Waals surface area contributed by atoms with Gasteiger partial charge in [-0.1, -0.05) is 36.4 Å². The summed E-state index contributed by atoms with van der Waals surface area (Å²) in [5, 5.41) is 0.802. The lowest BCUT2D eigenvalue weighted by atomic mass is 9.98. The van der Waals surface area contributed by atoms with Gasteiger partial charge in [0.15, 0.2) is 5.43 Å². The topological polar surface area (TPSA) is 72.2 Å². The van der Waals surface area contributed by atoms with E-state index in [4.69, 9.17) is 25.5 Å². The SMILES string of the molecule is C=CCOc1cccc([C@H]2c3c(oc4ccc(Cl)cc4c3=O)C(=O)N2CCCN2CCOCC2)c1. The zero-order chi connectivity index (χ0) is 24.4. The summed E-state index contributed by atoms with van der Waals surface area (Å²) in [6, 6.07) is 11.8. The van der Waals surface area contributed by atoms with Crippen molar-refractivity contribution in [2.24, 2.45) is 0 Å². The lowest BCUT2D eigenvalue weighted by molar-refractivity contribution is 0.0353. The highest BCUT2D eigenvalue weighted by Crippen LogP contribution is 2.39. The number of morpholine rings is 1. The van der Waals surface area contributed by atoms with Crippen LogP contribution in [-0.2, 0) is 4.74 Å². The van der Waals surface area contributed by atoms with Crippen molar-refractivity contribution < 1.29 is 18.7 Å². The number of carbonyl (C=O) groups is 1. The van der Waals surface area contributed by atoms with Crippen molar-refractivity contribution in [3.05, 3.63) is 87.3 Å². The standard InChI is InChI=1S/C27H27ClN2O5/c1-2-13-34-20-6-3-5-18(16-20)24-23-25(31)21-17-19(28)7-8-22(21)35-26(23)27(32)30(24)10-4-9-29-11-14-33-15-12-29/h2-3,5-8,16-17,24H,1,4,9-15H2/t24-/m0/s1. The fourth-order valence-electron chi connectivity index (χ4n) is 4.79. The minimum absolute atomic E-state index is 0.0959. The zero-order valence-corrected chi connectivity index (χ0v) is 20.1. The Hall–Kier alpha value is -3.13. The van der Waals surface area contributed by atoms with E-state index in [2.05, 4.69) is 11.5 Å². The fraction of sp³-hybridized carbons (Fsp3) is 0.333. The van der Waals surface area contributed by atoms with Crippen LogP contribution in [0.2, 0.25) is 5.02 Å². The molecule has 7 nitrogen and oxygen atoms in total. The molecule has 3 aromatic rings. The Balaban J connectivity index is 1.54. The van der Waals surface area contributed by atoms with E-state index in [1.807, 2.05) is 24.3 Å². The lowest BCUT2D eigenvalue weighted by Gasteiger charge is -2.29. The highest BCUT2D eigenvalue weighted by atomic mass is 35.5. The number of hydrogen-bond acceptors (Lipinski definition) is 6. The molecule has 0 N–H and O–H groups in total. The Morgan fingerprint density at radius 1 is 1.11 bits per heavy atom. The Bertz CT molecular complexity index is 1310. The highest BCUT2D eigenvalue weighted by Gasteiger charge is 2.42. The number of halogens is 1. The van der Waals surface area contributed by atoms with Crippen molar-refractivity contribution in [2.45, 2.75) is 12.5 Å². The van der Waals surface area contributed by atoms with Gasteiger partial charge in [-0.3, -0.25) is 14.5 Å². The summed E-state index contributed by atoms with van der Waals surface area (Å²) in [5.74, 6) is 0.460. The van der Waals surface area contributed by atoms with E-state index < -0.39 is 6.04 Å². The first-order valence-electron chi connectivity index (χ1n) is 11.8. The summed E-state index contributed by atoms with van der Waals surface area (Å²) >= 11 is 6.17. The van der Waals surface area contributed by atoms with Gasteiger partial charge in [0.05, 0.1) is 30.2 Å². The Morgan fingerprint density at radius 2 is 1.94 bits per heavy atom. The lowest BCUT2D eigenvalue weighted by Crippen LogP contribution is -2.38. The smallest absolute Gasteiger partial charge is 0.290 e. The molecule has 0 unspecified atom stereocenters. The first-order chi connectivity index (χ1) is 17.1. The van der Waals surface area contributed by atoms with Crippen LogP contribution in [-0.4, -0.2) is 61.7 Å². The van der Waals surface area contributed by atoms with Crippen molar-refractivity contribution in [3.63, 3.8) is 0 Å². The second kappa shape index (κ2) is 10.2. The van der Waals surface area contributed by atoms with E-state index in [1.54, 1.807) is 29.2 Å². The molecular weight excluding hydrogens is 468 g/mol. The van der Waals surface area contributed by atoms with Gasteiger partial charge in [0, 0.05) is 31.2 Å². The molecule has 1 amide bonds. The van der Waals surface area contributed by atoms with Crippen LogP contribution >= 0.6 is 11.6 Å². The molecule has 0 bridgehead atoms. The quantitative estimate of drug-likeness (QED) is 0.435. The van der Waals surface area contributed by atoms with Crippen LogP contribution in [0.4, 0.5) is 0 Å². The van der Waals surface area contributed by atoms with Gasteiger partial charge in [-0.15, -0.1) is 0 Å². The number of amides is 1. The van der Waals surface area contributed by atoms with Crippen molar-refractivity contribution in [1.29, 1.82) is 0 Å². The second-order valence-electron chi connectivity index (χ2n) is 8.70. The van der Waals surface area contributed by atoms with E-state index in [0.717, 1.165) is 44.8 Å². The largest absolute Gasteiger partial charge is 0.490 e. The Kier molecular flexibility index (Phi) is 6.90. The number of benzene rings is 2. The molecule has 0 aliphatic carbocycles. The minimum atomic E-state index is -0.575. The van der Waals surface area contributed by atoms with Crippen molar-refractivity contribution in [2.75, 3.05) is 46.0 Å². The molecule has 0 spiro atoms. The average Bonchev–Trinajstić information content (AvgIpc) is 3.16. The molecule has 0 saturated carbocycles. The minimum Gasteiger partial charge on any atom is -0.490 e. The van der Waals surface area contributed by atoms with Gasteiger partial charge >= 0.3 is 0 Å². The molecule has 0 radical (unpaired) electrons. The normalized spacial score (nSPS) is 18.1. The maximum atomic E-state index is 13.7. The van der Waals surface area contributed by atoms with Gasteiger partial charge in [0.2, 0.25) is 5.76 Å². The molecule has 5 rings (SSSR count). The summed E-state index contributed by atoms with van der Waals surface area (Å²) in [5.41, 5.74) is 1.24. The predicted octanol–water partition coefficient (Wildman–Crippen LogP) is 4.28. The first-order valence-corrected chi connectivity index (χ1v) is 12.2. The molecule has 2 aliphatic rings. The third-order valence-electron chi connectivity index (χ3n) is 6.45. The van der Waals surface area contributed by atoms with E-state index in [0.29, 0.717) is 40.5 Å². The van der Waals surface area contributed by atoms with Gasteiger partial charge in [-0.05, 0) is 42.3 Å². The number of carbonyl (C=O) groups excluding carboxylic acids is 1. The number of ether oxygens (including phenoxy) is 2. The van der Waals surface area contributed by atoms with Gasteiger partial charge in [0.25, 0.3) is 5.91 Å². The molecule has 1 saturated heterocycles. The van der Waals surface area contributed by atoms with Crippen LogP contribution in [0.5, 0.6) is 5.75 Å². The van der Waals surface area contributed by atoms with Crippen molar-refractivity contribution in [3.8, 4) is 5.75 Å². The van der Waals surface area contributed by atoms with Crippen LogP contribution in [0, 0.1) is 0 Å². The highest BCUT2D eigenvalue weighted by molar-refractivity contribution is 6.31. The van der Waals surface area contributed by atoms with Crippen molar-refractivity contribution >= 4 is 28.5 Å². The molecule has 8 heteroatoms. The summed E-state index contributed by atoms with van der Waals surface area (Å²) in [6.45, 7) is 8.59. The van der Waals surface area contributed by atoms with Gasteiger partial charge in [-0.25, -0.2) is 0 Å². The van der Waals surface area contributed by atoms with Crippen LogP contribution in [0.3, 0.4) is 0 Å². The Morgan fingerprint density at radius 3 is 2.74 bits per heavy atom. The monoisotopic (exact) mass is 494 g/mol. The summed E-state index contributed by atoms with van der Waals surface area (Å²) < 4.78 is 17.2. The van der Waals surface area contributed by atoms with Crippen LogP contribution in [0.25, 0.3) is 11.0 Å². The number of hydrogen-bond donors (Lipinski definition) is 0. The van der Waals surface area contributed by atoms with Gasteiger partial charge in [-0.2, -0.15) is 0 Å². The summed E-state index contributed by atoms with van der Waals surface area (Å²) in [6.07, 6.45) is 2.44. The molecule has 1 aromatic heterocycles. The number of rotatable bonds is 8. The van der Waals surface area contributed by atoms with Crippen molar-refractivity contribution in [1.82, 2.24) is 9.80 Å². The number of nitrogens with zero attached hydrogens (tertiary/aromatic N) is 2. The van der Waals surface area contributed by atoms with E-state index in [9.17, 15) is 9.59 Å². The molecule has 3 heterocycles. The second-order valence-corrected chi connectivity index (χ2v) is 9.13. The maximum absolute atomic E-state index is 13.7. The predicted molar refractivity (Wildman–Crippen MR) is 134 cm³/mol. The van der Waals surface area contributed by atoms with Gasteiger partial charge < -0.3 is 18.8 Å². The third-order valence-corrected chi connectivity index (χ3v) is 6.68. The molecule has 1 fully saturated rings. The molecular formula is C27H27ClN2O5. The zero-order valence-electron chi connectivity index (χ0n) is 19.4. The van der Waals surface area contributed by atoms with E-state index >= 15 is 0 Å². The number of fused-ring (bicyclic) bond motifs is 2. The molecule has 1 atom stereocenters. The summed E-state index contributed by atoms with van der Waals surface area (Å²) in [7, 11) is 0. The van der Waals surface area contributed by atoms with Crippen LogP contribution in [0.1, 0.15) is 34.1 Å². The summed E-state index contributed by atoms with van der Waals surface area (Å²) in [4.78, 5) is 31.3. The average molecular weight is 495 g/mol. The fourth-order valence-corrected chi connectivity index (χ4v) is 4.96. The molecule has 182 valence electrons. The van der Waals surface area contributed by atoms with Gasteiger partial charge in [0.1, 0.15) is 17.9 Å². The maximum Gasteiger partial charge on any atom is 0.290 e. The van der Waals surface area contributed by atoms with E-state index in [1.165, 1.54) is 0 Å². The first kappa shape index (κ1) is 23.6. The molecule has 2 aromatic carbocycles. The van der Waals surface area contributed by atoms with E-state index in [-0.39, 0.29) is 17.1 Å². The molecule has 2 aliphatic heterocycles. The Labute approximate surface area is 208 Å². The molecule has 35 heavy (non-hydrogen) atoms. The van der Waals surface area contributed by atoms with Crippen LogP contribution in [0.15, 0.2) is 64.3 Å². The third kappa shape index (κ3) is 4.72. The van der Waals surface area contributed by atoms with Crippen LogP contribution < -0.4 is 10.2 Å².